The Balaban J connectivity index is 5.20. The highest BCUT2D eigenvalue weighted by Crippen LogP contribution is 2.45. The van der Waals surface area contributed by atoms with Gasteiger partial charge < -0.3 is 33.8 Å². The summed E-state index contributed by atoms with van der Waals surface area (Å²) in [5.74, 6) is -1.36. The number of rotatable bonds is 89. The molecule has 5 atom stereocenters. The van der Waals surface area contributed by atoms with Crippen molar-refractivity contribution >= 4 is 39.5 Å². The average Bonchev–Trinajstić information content (AvgIpc) is 0.899. The van der Waals surface area contributed by atoms with E-state index >= 15 is 0 Å². The first-order valence-corrected chi connectivity index (χ1v) is 49.1. The molecule has 0 spiro atoms. The van der Waals surface area contributed by atoms with Crippen LogP contribution in [0.3, 0.4) is 0 Å². The van der Waals surface area contributed by atoms with E-state index in [2.05, 4.69) is 34.6 Å². The number of unbranched alkanes of at least 4 members (excludes halogenated alkanes) is 61. The number of carbonyl (C=O) groups is 4. The SMILES string of the molecule is CCCCCCCCCCCCCCCCCCCCCCCCC(=O)OC[C@H](COP(=O)(O)OC[C@@H](O)COP(=O)(O)OC[C@@H](COC(=O)CCCCCCCCCCCCCC)OC(=O)CCCCCCCCCCCC(C)C)OC(=O)CCCCCCCCCCCCCCCCCCCCCCCC. The van der Waals surface area contributed by atoms with Crippen molar-refractivity contribution < 1.29 is 80.2 Å². The molecular formula is C89H174O17P2. The molecule has 0 amide bonds. The summed E-state index contributed by atoms with van der Waals surface area (Å²) in [7, 11) is -9.93. The Morgan fingerprint density at radius 2 is 0.426 bits per heavy atom. The Labute approximate surface area is 664 Å². The molecule has 0 aliphatic carbocycles. The molecule has 19 heteroatoms. The summed E-state index contributed by atoms with van der Waals surface area (Å²) < 4.78 is 68.9. The van der Waals surface area contributed by atoms with Crippen molar-refractivity contribution in [1.82, 2.24) is 0 Å². The molecular weight excluding hydrogens is 1400 g/mol. The lowest BCUT2D eigenvalue weighted by Gasteiger charge is -2.21. The number of phosphoric ester groups is 2. The molecule has 2 unspecified atom stereocenters. The number of hydrogen-bond donors (Lipinski definition) is 3. The minimum Gasteiger partial charge on any atom is -0.462 e. The zero-order valence-corrected chi connectivity index (χ0v) is 72.8. The number of esters is 4. The van der Waals surface area contributed by atoms with Gasteiger partial charge >= 0.3 is 39.5 Å². The summed E-state index contributed by atoms with van der Waals surface area (Å²) in [5.41, 5.74) is 0. The minimum atomic E-state index is -4.97. The van der Waals surface area contributed by atoms with Gasteiger partial charge in [-0.25, -0.2) is 9.13 Å². The third-order valence-electron chi connectivity index (χ3n) is 21.0. The van der Waals surface area contributed by atoms with E-state index in [0.29, 0.717) is 25.7 Å². The van der Waals surface area contributed by atoms with Crippen molar-refractivity contribution in [3.05, 3.63) is 0 Å². The first-order chi connectivity index (χ1) is 52.5. The van der Waals surface area contributed by atoms with Gasteiger partial charge in [0.15, 0.2) is 12.2 Å². The van der Waals surface area contributed by atoms with Crippen LogP contribution in [0.2, 0.25) is 0 Å². The van der Waals surface area contributed by atoms with Crippen LogP contribution in [0.1, 0.15) is 484 Å². The van der Waals surface area contributed by atoms with E-state index < -0.39 is 97.5 Å². The van der Waals surface area contributed by atoms with Crippen molar-refractivity contribution in [3.8, 4) is 0 Å². The van der Waals surface area contributed by atoms with Crippen LogP contribution in [0.4, 0.5) is 0 Å². The van der Waals surface area contributed by atoms with Crippen LogP contribution < -0.4 is 0 Å². The maximum atomic E-state index is 13.2. The molecule has 0 bridgehead atoms. The van der Waals surface area contributed by atoms with Crippen molar-refractivity contribution in [2.24, 2.45) is 5.92 Å². The van der Waals surface area contributed by atoms with Gasteiger partial charge in [0.05, 0.1) is 26.4 Å². The van der Waals surface area contributed by atoms with Crippen molar-refractivity contribution in [3.63, 3.8) is 0 Å². The lowest BCUT2D eigenvalue weighted by atomic mass is 10.0. The lowest BCUT2D eigenvalue weighted by Crippen LogP contribution is -2.30. The molecule has 17 nitrogen and oxygen atoms in total. The van der Waals surface area contributed by atoms with Gasteiger partial charge in [-0.1, -0.05) is 433 Å². The summed E-state index contributed by atoms with van der Waals surface area (Å²) >= 11 is 0. The molecule has 0 aliphatic heterocycles. The predicted molar refractivity (Wildman–Crippen MR) is 446 cm³/mol. The third kappa shape index (κ3) is 82.1. The van der Waals surface area contributed by atoms with Crippen LogP contribution in [0.5, 0.6) is 0 Å². The molecule has 0 aliphatic rings. The maximum absolute atomic E-state index is 13.2. The molecule has 642 valence electrons. The topological polar surface area (TPSA) is 237 Å². The molecule has 0 aromatic rings. The molecule has 3 N–H and O–H groups in total. The Kier molecular flexibility index (Phi) is 80.2. The largest absolute Gasteiger partial charge is 0.472 e. The van der Waals surface area contributed by atoms with E-state index in [0.717, 1.165) is 95.8 Å². The first kappa shape index (κ1) is 106. The summed E-state index contributed by atoms with van der Waals surface area (Å²) in [6.45, 7) is 7.34. The number of phosphoric acid groups is 2. The maximum Gasteiger partial charge on any atom is 0.472 e. The molecule has 0 aromatic carbocycles. The van der Waals surface area contributed by atoms with E-state index in [-0.39, 0.29) is 25.7 Å². The summed E-state index contributed by atoms with van der Waals surface area (Å²) in [4.78, 5) is 73.3. The fourth-order valence-electron chi connectivity index (χ4n) is 14.0. The predicted octanol–water partition coefficient (Wildman–Crippen LogP) is 27.5. The van der Waals surface area contributed by atoms with Crippen LogP contribution in [0.25, 0.3) is 0 Å². The van der Waals surface area contributed by atoms with E-state index in [4.69, 9.17) is 37.0 Å². The normalized spacial score (nSPS) is 13.7. The third-order valence-corrected chi connectivity index (χ3v) is 22.9. The average molecular weight is 1580 g/mol. The summed E-state index contributed by atoms with van der Waals surface area (Å²) in [5, 5.41) is 10.7. The highest BCUT2D eigenvalue weighted by molar-refractivity contribution is 7.47. The van der Waals surface area contributed by atoms with Gasteiger partial charge in [0.2, 0.25) is 0 Å². The van der Waals surface area contributed by atoms with Gasteiger partial charge in [0, 0.05) is 25.7 Å². The second kappa shape index (κ2) is 81.6. The number of ether oxygens (including phenoxy) is 4. The molecule has 0 aromatic heterocycles. The van der Waals surface area contributed by atoms with Crippen molar-refractivity contribution in [2.45, 2.75) is 502 Å². The van der Waals surface area contributed by atoms with Crippen molar-refractivity contribution in [1.29, 1.82) is 0 Å². The monoisotopic (exact) mass is 1580 g/mol. The summed E-state index contributed by atoms with van der Waals surface area (Å²) in [6.07, 6.45) is 76.7. The van der Waals surface area contributed by atoms with E-state index in [9.17, 15) is 43.2 Å². The zero-order chi connectivity index (χ0) is 79.0. The van der Waals surface area contributed by atoms with Crippen LogP contribution in [-0.2, 0) is 65.4 Å². The molecule has 0 fully saturated rings. The van der Waals surface area contributed by atoms with Gasteiger partial charge in [-0.15, -0.1) is 0 Å². The fraction of sp³-hybridized carbons (Fsp3) is 0.955. The Morgan fingerprint density at radius 3 is 0.630 bits per heavy atom. The zero-order valence-electron chi connectivity index (χ0n) is 71.0. The van der Waals surface area contributed by atoms with Crippen LogP contribution in [0.15, 0.2) is 0 Å². The molecule has 0 saturated heterocycles. The van der Waals surface area contributed by atoms with Crippen LogP contribution >= 0.6 is 15.6 Å². The number of hydrogen-bond acceptors (Lipinski definition) is 15. The quantitative estimate of drug-likeness (QED) is 0.0222. The van der Waals surface area contributed by atoms with E-state index in [1.165, 1.54) is 308 Å². The second-order valence-electron chi connectivity index (χ2n) is 32.5. The van der Waals surface area contributed by atoms with Gasteiger partial charge in [0.25, 0.3) is 0 Å². The Morgan fingerprint density at radius 1 is 0.250 bits per heavy atom. The first-order valence-electron chi connectivity index (χ1n) is 46.1. The van der Waals surface area contributed by atoms with Gasteiger partial charge in [-0.05, 0) is 31.6 Å². The van der Waals surface area contributed by atoms with Gasteiger partial charge in [0.1, 0.15) is 19.3 Å². The number of aliphatic hydroxyl groups is 1. The Bertz CT molecular complexity index is 2050. The van der Waals surface area contributed by atoms with Crippen LogP contribution in [-0.4, -0.2) is 96.7 Å². The minimum absolute atomic E-state index is 0.106. The van der Waals surface area contributed by atoms with E-state index in [1.807, 2.05) is 0 Å². The second-order valence-corrected chi connectivity index (χ2v) is 35.4. The van der Waals surface area contributed by atoms with Gasteiger partial charge in [-0.2, -0.15) is 0 Å². The van der Waals surface area contributed by atoms with Crippen molar-refractivity contribution in [2.75, 3.05) is 39.6 Å². The Hall–Kier alpha value is -1.94. The fourth-order valence-corrected chi connectivity index (χ4v) is 15.6. The number of aliphatic hydroxyl groups excluding tert-OH is 1. The van der Waals surface area contributed by atoms with Gasteiger partial charge in [-0.3, -0.25) is 37.3 Å². The smallest absolute Gasteiger partial charge is 0.462 e. The highest BCUT2D eigenvalue weighted by Gasteiger charge is 2.30. The van der Waals surface area contributed by atoms with E-state index in [1.54, 1.807) is 0 Å². The highest BCUT2D eigenvalue weighted by atomic mass is 31.2. The molecule has 0 heterocycles. The summed E-state index contributed by atoms with van der Waals surface area (Å²) in [6, 6.07) is 0. The molecule has 108 heavy (non-hydrogen) atoms. The van der Waals surface area contributed by atoms with Crippen LogP contribution in [0, 0.1) is 5.92 Å². The molecule has 0 saturated carbocycles. The molecule has 0 rings (SSSR count). The number of carbonyl (C=O) groups excluding carboxylic acids is 4. The standard InChI is InChI=1S/C89H174O17P2/c1-6-9-12-15-18-21-24-27-29-31-33-35-37-39-41-43-45-48-53-58-63-68-73-87(92)100-78-84(105-88(93)74-69-64-59-54-49-46-44-42-40-38-36-34-32-30-28-25-22-19-16-13-10-7-2)80-103-107(95,96)101-76-83(90)77-102-108(97,98)104-81-85(106-89(94)75-70-65-60-55-50-51-56-61-66-71-82(4)5)79-99-86(91)72-67-62-57-52-47-26-23-20-17-14-11-8-3/h82-85,90H,6-81H2,1-5H3,(H,95,96)(H,97,98)/t83-,84-,85-/m1/s1. The molecule has 0 radical (unpaired) electrons. The lowest BCUT2D eigenvalue weighted by molar-refractivity contribution is -0.161.